The average Bonchev–Trinajstić information content (AvgIpc) is 3.40. The lowest BCUT2D eigenvalue weighted by Crippen LogP contribution is -2.29. The third-order valence-corrected chi connectivity index (χ3v) is 6.57. The number of imidazole rings is 1. The average molecular weight is 484 g/mol. The van der Waals surface area contributed by atoms with Crippen LogP contribution in [0.25, 0.3) is 22.3 Å². The molecule has 6 nitrogen and oxygen atoms in total. The van der Waals surface area contributed by atoms with Crippen LogP contribution in [0, 0.1) is 11.3 Å². The van der Waals surface area contributed by atoms with Gasteiger partial charge in [-0.25, -0.2) is 4.98 Å². The highest BCUT2D eigenvalue weighted by Gasteiger charge is 2.35. The first kappa shape index (κ1) is 23.3. The largest absolute Gasteiger partial charge is 0.573 e. The van der Waals surface area contributed by atoms with Crippen LogP contribution in [0.3, 0.4) is 0 Å². The number of hydrogen-bond acceptors (Lipinski definition) is 4. The summed E-state index contributed by atoms with van der Waals surface area (Å²) in [5.74, 6) is 0.974. The van der Waals surface area contributed by atoms with Crippen LogP contribution in [0.15, 0.2) is 54.7 Å². The van der Waals surface area contributed by atoms with Crippen molar-refractivity contribution in [2.45, 2.75) is 52.4 Å². The highest BCUT2D eigenvalue weighted by atomic mass is 19.4. The van der Waals surface area contributed by atoms with Crippen molar-refractivity contribution in [1.29, 1.82) is 0 Å². The minimum Gasteiger partial charge on any atom is -0.406 e. The van der Waals surface area contributed by atoms with Crippen molar-refractivity contribution in [3.8, 4) is 17.0 Å². The van der Waals surface area contributed by atoms with E-state index in [1.165, 1.54) is 18.6 Å². The number of fused-ring (bicyclic) bond motifs is 1. The van der Waals surface area contributed by atoms with Crippen LogP contribution in [0.2, 0.25) is 0 Å². The zero-order valence-corrected chi connectivity index (χ0v) is 19.9. The molecule has 0 spiro atoms. The number of alkyl halides is 3. The molecule has 1 saturated carbocycles. The molecule has 2 N–H and O–H groups in total. The normalized spacial score (nSPS) is 20.2. The molecule has 1 fully saturated rings. The molecule has 184 valence electrons. The second-order valence-electron chi connectivity index (χ2n) is 10.2. The summed E-state index contributed by atoms with van der Waals surface area (Å²) in [4.78, 5) is 4.91. The third-order valence-electron chi connectivity index (χ3n) is 6.57. The molecule has 1 aliphatic rings. The number of anilines is 2. The molecule has 9 heteroatoms. The van der Waals surface area contributed by atoms with Gasteiger partial charge in [-0.1, -0.05) is 26.8 Å². The Hall–Kier alpha value is -3.49. The predicted octanol–water partition coefficient (Wildman–Crippen LogP) is 7.46. The van der Waals surface area contributed by atoms with Gasteiger partial charge >= 0.3 is 6.36 Å². The SMILES string of the molecule is CC1CC(n2c(Nc3ccc(OC(F)(F)F)cc3)nc3cc(-c4ccn[nH]4)ccc32)CC(C)(C)C1. The molecule has 35 heavy (non-hydrogen) atoms. The molecule has 5 rings (SSSR count). The van der Waals surface area contributed by atoms with Crippen LogP contribution < -0.4 is 10.1 Å². The minimum absolute atomic E-state index is 0.197. The Balaban J connectivity index is 1.54. The molecule has 2 aromatic heterocycles. The number of hydrogen-bond donors (Lipinski definition) is 2. The van der Waals surface area contributed by atoms with Gasteiger partial charge in [0.1, 0.15) is 5.75 Å². The summed E-state index contributed by atoms with van der Waals surface area (Å²) in [6.45, 7) is 6.89. The summed E-state index contributed by atoms with van der Waals surface area (Å²) in [5.41, 5.74) is 4.58. The van der Waals surface area contributed by atoms with Crippen molar-refractivity contribution < 1.29 is 17.9 Å². The molecule has 1 aliphatic carbocycles. The van der Waals surface area contributed by atoms with E-state index < -0.39 is 6.36 Å². The van der Waals surface area contributed by atoms with E-state index in [1.54, 1.807) is 18.3 Å². The zero-order valence-electron chi connectivity index (χ0n) is 19.9. The first-order valence-electron chi connectivity index (χ1n) is 11.7. The molecule has 0 saturated heterocycles. The Morgan fingerprint density at radius 1 is 1.09 bits per heavy atom. The van der Waals surface area contributed by atoms with Gasteiger partial charge in [0.2, 0.25) is 5.95 Å². The second kappa shape index (κ2) is 8.62. The van der Waals surface area contributed by atoms with E-state index in [0.29, 0.717) is 17.6 Å². The predicted molar refractivity (Wildman–Crippen MR) is 130 cm³/mol. The number of nitrogens with one attached hydrogen (secondary N) is 2. The van der Waals surface area contributed by atoms with Crippen molar-refractivity contribution >= 4 is 22.7 Å². The van der Waals surface area contributed by atoms with E-state index in [2.05, 4.69) is 57.7 Å². The van der Waals surface area contributed by atoms with Gasteiger partial charge in [-0.05, 0) is 73.1 Å². The molecule has 2 atom stereocenters. The fourth-order valence-corrected chi connectivity index (χ4v) is 5.50. The van der Waals surface area contributed by atoms with Crippen molar-refractivity contribution in [3.05, 3.63) is 54.7 Å². The first-order chi connectivity index (χ1) is 16.6. The summed E-state index contributed by atoms with van der Waals surface area (Å²) in [6, 6.07) is 14.0. The number of aromatic nitrogens is 4. The van der Waals surface area contributed by atoms with Crippen molar-refractivity contribution in [2.75, 3.05) is 5.32 Å². The number of rotatable bonds is 5. The molecule has 0 radical (unpaired) electrons. The van der Waals surface area contributed by atoms with Gasteiger partial charge < -0.3 is 14.6 Å². The van der Waals surface area contributed by atoms with Gasteiger partial charge in [-0.3, -0.25) is 5.10 Å². The maximum absolute atomic E-state index is 12.5. The molecule has 2 unspecified atom stereocenters. The van der Waals surface area contributed by atoms with E-state index in [1.807, 2.05) is 12.1 Å². The van der Waals surface area contributed by atoms with Crippen LogP contribution in [-0.4, -0.2) is 26.1 Å². The summed E-state index contributed by atoms with van der Waals surface area (Å²) in [7, 11) is 0. The molecule has 0 bridgehead atoms. The van der Waals surface area contributed by atoms with Gasteiger partial charge in [-0.15, -0.1) is 13.2 Å². The number of ether oxygens (including phenoxy) is 1. The highest BCUT2D eigenvalue weighted by Crippen LogP contribution is 2.46. The maximum atomic E-state index is 12.5. The van der Waals surface area contributed by atoms with Crippen molar-refractivity contribution in [1.82, 2.24) is 19.7 Å². The second-order valence-corrected chi connectivity index (χ2v) is 10.2. The van der Waals surface area contributed by atoms with E-state index in [9.17, 15) is 13.2 Å². The lowest BCUT2D eigenvalue weighted by molar-refractivity contribution is -0.274. The lowest BCUT2D eigenvalue weighted by Gasteiger charge is -2.40. The summed E-state index contributed by atoms with van der Waals surface area (Å²) in [6.07, 6.45) is 0.203. The molecular formula is C26H28F3N5O. The Kier molecular flexibility index (Phi) is 5.73. The molecule has 2 aromatic carbocycles. The monoisotopic (exact) mass is 483 g/mol. The van der Waals surface area contributed by atoms with Gasteiger partial charge in [0.05, 0.1) is 16.7 Å². The van der Waals surface area contributed by atoms with Crippen molar-refractivity contribution in [2.24, 2.45) is 11.3 Å². The fourth-order valence-electron chi connectivity index (χ4n) is 5.50. The van der Waals surface area contributed by atoms with Crippen molar-refractivity contribution in [3.63, 3.8) is 0 Å². The van der Waals surface area contributed by atoms with E-state index >= 15 is 0 Å². The quantitative estimate of drug-likeness (QED) is 0.309. The van der Waals surface area contributed by atoms with Crippen LogP contribution >= 0.6 is 0 Å². The number of nitrogens with zero attached hydrogens (tertiary/aromatic N) is 3. The number of benzene rings is 2. The highest BCUT2D eigenvalue weighted by molar-refractivity contribution is 5.84. The molecule has 4 aromatic rings. The van der Waals surface area contributed by atoms with Gasteiger partial charge in [0.25, 0.3) is 0 Å². The number of aromatic amines is 1. The molecule has 0 aliphatic heterocycles. The molecule has 2 heterocycles. The van der Waals surface area contributed by atoms with E-state index in [0.717, 1.165) is 35.1 Å². The van der Waals surface area contributed by atoms with E-state index in [4.69, 9.17) is 4.98 Å². The Morgan fingerprint density at radius 2 is 1.86 bits per heavy atom. The third kappa shape index (κ3) is 5.13. The van der Waals surface area contributed by atoms with Crippen LogP contribution in [-0.2, 0) is 0 Å². The van der Waals surface area contributed by atoms with Gasteiger partial charge in [0.15, 0.2) is 0 Å². The summed E-state index contributed by atoms with van der Waals surface area (Å²) in [5, 5.41) is 10.4. The Morgan fingerprint density at radius 3 is 2.51 bits per heavy atom. The van der Waals surface area contributed by atoms with Gasteiger partial charge in [-0.2, -0.15) is 5.10 Å². The summed E-state index contributed by atoms with van der Waals surface area (Å²) >= 11 is 0. The number of halogens is 3. The lowest BCUT2D eigenvalue weighted by atomic mass is 9.70. The van der Waals surface area contributed by atoms with Gasteiger partial charge in [0, 0.05) is 23.5 Å². The van der Waals surface area contributed by atoms with E-state index in [-0.39, 0.29) is 17.2 Å². The van der Waals surface area contributed by atoms with Crippen LogP contribution in [0.4, 0.5) is 24.8 Å². The van der Waals surface area contributed by atoms with Crippen LogP contribution in [0.5, 0.6) is 5.75 Å². The standard InChI is InChI=1S/C26H28F3N5O/c1-16-12-19(15-25(2,3)14-16)34-23-9-4-17(21-10-11-30-33-21)13-22(23)32-24(34)31-18-5-7-20(8-6-18)35-26(27,28)29/h4-11,13,16,19H,12,14-15H2,1-3H3,(H,30,33)(H,31,32). The number of H-pyrrole nitrogens is 1. The smallest absolute Gasteiger partial charge is 0.406 e. The fraction of sp³-hybridized carbons (Fsp3) is 0.385. The first-order valence-corrected chi connectivity index (χ1v) is 11.7. The Labute approximate surface area is 201 Å². The maximum Gasteiger partial charge on any atom is 0.573 e. The zero-order chi connectivity index (χ0) is 24.8. The topological polar surface area (TPSA) is 67.8 Å². The summed E-state index contributed by atoms with van der Waals surface area (Å²) < 4.78 is 43.9. The molecule has 0 amide bonds. The minimum atomic E-state index is -4.72. The Bertz CT molecular complexity index is 1310. The van der Waals surface area contributed by atoms with Crippen LogP contribution in [0.1, 0.15) is 46.1 Å². The molecular weight excluding hydrogens is 455 g/mol.